The summed E-state index contributed by atoms with van der Waals surface area (Å²) in [6.07, 6.45) is 0. The lowest BCUT2D eigenvalue weighted by Gasteiger charge is -2.08. The number of rotatable bonds is 5. The van der Waals surface area contributed by atoms with Gasteiger partial charge in [-0.15, -0.1) is 11.3 Å². The van der Waals surface area contributed by atoms with Crippen molar-refractivity contribution in [3.63, 3.8) is 0 Å². The summed E-state index contributed by atoms with van der Waals surface area (Å²) in [6.45, 7) is 0.321. The van der Waals surface area contributed by atoms with Crippen LogP contribution in [-0.2, 0) is 6.54 Å². The molecule has 1 aromatic heterocycles. The van der Waals surface area contributed by atoms with Crippen molar-refractivity contribution < 1.29 is 9.59 Å². The summed E-state index contributed by atoms with van der Waals surface area (Å²) in [6, 6.07) is 22.0. The first-order chi connectivity index (χ1) is 14.1. The van der Waals surface area contributed by atoms with Gasteiger partial charge in [0.05, 0.1) is 10.2 Å². The topological polar surface area (TPSA) is 97.1 Å². The van der Waals surface area contributed by atoms with Crippen LogP contribution in [0.3, 0.4) is 0 Å². The largest absolute Gasteiger partial charge is 0.352 e. The van der Waals surface area contributed by atoms with Crippen LogP contribution in [0.4, 0.5) is 10.5 Å². The number of fused-ring (bicyclic) bond motifs is 1. The van der Waals surface area contributed by atoms with Gasteiger partial charge in [0.15, 0.2) is 0 Å². The van der Waals surface area contributed by atoms with Crippen LogP contribution in [0.5, 0.6) is 0 Å². The molecule has 3 amide bonds. The van der Waals surface area contributed by atoms with Crippen LogP contribution in [-0.4, -0.2) is 16.9 Å². The molecule has 7 heteroatoms. The minimum absolute atomic E-state index is 0.208. The first-order valence-corrected chi connectivity index (χ1v) is 9.80. The van der Waals surface area contributed by atoms with Gasteiger partial charge in [0.2, 0.25) is 0 Å². The first-order valence-electron chi connectivity index (χ1n) is 8.98. The zero-order valence-electron chi connectivity index (χ0n) is 15.4. The second-order valence-corrected chi connectivity index (χ2v) is 7.47. The summed E-state index contributed by atoms with van der Waals surface area (Å²) in [5.74, 6) is -0.208. The number of urea groups is 1. The van der Waals surface area contributed by atoms with E-state index in [0.29, 0.717) is 17.8 Å². The van der Waals surface area contributed by atoms with Crippen LogP contribution in [0.15, 0.2) is 72.8 Å². The first kappa shape index (κ1) is 18.6. The van der Waals surface area contributed by atoms with E-state index in [4.69, 9.17) is 5.73 Å². The van der Waals surface area contributed by atoms with Crippen LogP contribution in [0.2, 0.25) is 0 Å². The van der Waals surface area contributed by atoms with E-state index in [1.165, 1.54) is 0 Å². The maximum Gasteiger partial charge on any atom is 0.312 e. The molecule has 4 aromatic rings. The number of hydrogen-bond acceptors (Lipinski definition) is 4. The Hall–Kier alpha value is -3.71. The molecule has 0 saturated carbocycles. The summed E-state index contributed by atoms with van der Waals surface area (Å²) >= 11 is 1.62. The Labute approximate surface area is 171 Å². The molecule has 0 atom stereocenters. The summed E-state index contributed by atoms with van der Waals surface area (Å²) in [4.78, 5) is 28.0. The van der Waals surface area contributed by atoms with Gasteiger partial charge in [-0.1, -0.05) is 36.4 Å². The maximum absolute atomic E-state index is 12.6. The molecule has 0 spiro atoms. The average molecular weight is 402 g/mol. The minimum Gasteiger partial charge on any atom is -0.352 e. The zero-order valence-corrected chi connectivity index (χ0v) is 16.2. The Balaban J connectivity index is 1.48. The summed E-state index contributed by atoms with van der Waals surface area (Å²) in [7, 11) is 0. The molecular weight excluding hydrogens is 384 g/mol. The normalized spacial score (nSPS) is 10.6. The van der Waals surface area contributed by atoms with Gasteiger partial charge >= 0.3 is 6.03 Å². The van der Waals surface area contributed by atoms with Gasteiger partial charge in [-0.3, -0.25) is 4.79 Å². The van der Waals surface area contributed by atoms with Gasteiger partial charge in [-0.2, -0.15) is 0 Å². The van der Waals surface area contributed by atoms with E-state index in [1.54, 1.807) is 35.6 Å². The number of hydrogen-bond donors (Lipinski definition) is 3. The molecule has 3 aromatic carbocycles. The fourth-order valence-corrected chi connectivity index (χ4v) is 3.85. The number of primary amides is 1. The van der Waals surface area contributed by atoms with Crippen molar-refractivity contribution >= 4 is 39.2 Å². The number of nitrogens with zero attached hydrogens (tertiary/aromatic N) is 1. The molecule has 6 nitrogen and oxygen atoms in total. The number of benzene rings is 3. The van der Waals surface area contributed by atoms with Gasteiger partial charge in [-0.25, -0.2) is 9.78 Å². The number of amides is 3. The second kappa shape index (κ2) is 8.12. The van der Waals surface area contributed by atoms with Crippen molar-refractivity contribution in [3.05, 3.63) is 83.9 Å². The lowest BCUT2D eigenvalue weighted by molar-refractivity contribution is 0.102. The molecule has 0 saturated heterocycles. The molecule has 1 heterocycles. The number of aromatic nitrogens is 1. The molecule has 144 valence electrons. The highest BCUT2D eigenvalue weighted by Crippen LogP contribution is 2.31. The SMILES string of the molecule is NC(=O)NCc1ccc(C(=O)Nc2cccc(-c3nc4ccccc4s3)c2)cc1. The van der Waals surface area contributed by atoms with Gasteiger partial charge in [-0.05, 0) is 42.0 Å². The van der Waals surface area contributed by atoms with Crippen molar-refractivity contribution in [3.8, 4) is 10.6 Å². The maximum atomic E-state index is 12.6. The predicted octanol–water partition coefficient (Wildman–Crippen LogP) is 4.38. The van der Waals surface area contributed by atoms with Crippen molar-refractivity contribution in [1.82, 2.24) is 10.3 Å². The lowest BCUT2D eigenvalue weighted by atomic mass is 10.1. The summed E-state index contributed by atoms with van der Waals surface area (Å²) in [5, 5.41) is 6.35. The standard InChI is InChI=1S/C22H18N4O2S/c23-22(28)24-13-14-8-10-15(11-9-14)20(27)25-17-5-3-4-16(12-17)21-26-18-6-1-2-7-19(18)29-21/h1-12H,13H2,(H,25,27)(H3,23,24,28). The van der Waals surface area contributed by atoms with Gasteiger partial charge in [0, 0.05) is 23.4 Å². The third kappa shape index (κ3) is 4.41. The van der Waals surface area contributed by atoms with Crippen molar-refractivity contribution in [2.45, 2.75) is 6.54 Å². The Kier molecular flexibility index (Phi) is 5.22. The van der Waals surface area contributed by atoms with Crippen molar-refractivity contribution in [1.29, 1.82) is 0 Å². The third-order valence-corrected chi connectivity index (χ3v) is 5.43. The van der Waals surface area contributed by atoms with Crippen LogP contribution in [0, 0.1) is 0 Å². The molecule has 0 aliphatic carbocycles. The monoisotopic (exact) mass is 402 g/mol. The van der Waals surface area contributed by atoms with E-state index in [1.807, 2.05) is 48.5 Å². The van der Waals surface area contributed by atoms with Crippen LogP contribution >= 0.6 is 11.3 Å². The summed E-state index contributed by atoms with van der Waals surface area (Å²) < 4.78 is 1.13. The summed E-state index contributed by atoms with van der Waals surface area (Å²) in [5.41, 5.74) is 9.07. The van der Waals surface area contributed by atoms with Crippen LogP contribution < -0.4 is 16.4 Å². The fraction of sp³-hybridized carbons (Fsp3) is 0.0455. The van der Waals surface area contributed by atoms with Crippen LogP contribution in [0.25, 0.3) is 20.8 Å². The molecule has 0 aliphatic rings. The number of nitrogens with one attached hydrogen (secondary N) is 2. The molecule has 29 heavy (non-hydrogen) atoms. The number of para-hydroxylation sites is 1. The fourth-order valence-electron chi connectivity index (χ4n) is 2.89. The Morgan fingerprint density at radius 1 is 0.966 bits per heavy atom. The van der Waals surface area contributed by atoms with Gasteiger partial charge in [0.1, 0.15) is 5.01 Å². The van der Waals surface area contributed by atoms with E-state index < -0.39 is 6.03 Å². The van der Waals surface area contributed by atoms with Crippen LogP contribution in [0.1, 0.15) is 15.9 Å². The number of thiazole rings is 1. The molecular formula is C22H18N4O2S. The molecule has 0 radical (unpaired) electrons. The predicted molar refractivity (Wildman–Crippen MR) is 116 cm³/mol. The number of anilines is 1. The van der Waals surface area contributed by atoms with E-state index >= 15 is 0 Å². The number of carbonyl (C=O) groups excluding carboxylic acids is 2. The van der Waals surface area contributed by atoms with Gasteiger partial charge in [0.25, 0.3) is 5.91 Å². The number of nitrogens with two attached hydrogens (primary N) is 1. The van der Waals surface area contributed by atoms with Crippen molar-refractivity contribution in [2.24, 2.45) is 5.73 Å². The molecule has 0 unspecified atom stereocenters. The lowest BCUT2D eigenvalue weighted by Crippen LogP contribution is -2.28. The zero-order chi connectivity index (χ0) is 20.2. The molecule has 4 N–H and O–H groups in total. The van der Waals surface area contributed by atoms with E-state index in [9.17, 15) is 9.59 Å². The average Bonchev–Trinajstić information content (AvgIpc) is 3.17. The smallest absolute Gasteiger partial charge is 0.312 e. The molecule has 0 fully saturated rings. The third-order valence-electron chi connectivity index (χ3n) is 4.34. The Bertz CT molecular complexity index is 1150. The Morgan fingerprint density at radius 3 is 2.52 bits per heavy atom. The van der Waals surface area contributed by atoms with E-state index in [2.05, 4.69) is 15.6 Å². The Morgan fingerprint density at radius 2 is 1.76 bits per heavy atom. The number of carbonyl (C=O) groups is 2. The van der Waals surface area contributed by atoms with Gasteiger partial charge < -0.3 is 16.4 Å². The molecule has 4 rings (SSSR count). The van der Waals surface area contributed by atoms with E-state index in [0.717, 1.165) is 26.4 Å². The molecule has 0 bridgehead atoms. The van der Waals surface area contributed by atoms with E-state index in [-0.39, 0.29) is 5.91 Å². The highest BCUT2D eigenvalue weighted by Gasteiger charge is 2.09. The highest BCUT2D eigenvalue weighted by molar-refractivity contribution is 7.21. The minimum atomic E-state index is -0.583. The quantitative estimate of drug-likeness (QED) is 0.462. The molecule has 0 aliphatic heterocycles. The highest BCUT2D eigenvalue weighted by atomic mass is 32.1. The second-order valence-electron chi connectivity index (χ2n) is 6.44. The van der Waals surface area contributed by atoms with Crippen molar-refractivity contribution in [2.75, 3.05) is 5.32 Å².